The Bertz CT molecular complexity index is 1490. The Morgan fingerprint density at radius 2 is 1.97 bits per heavy atom. The number of rotatable bonds is 9. The van der Waals surface area contributed by atoms with Gasteiger partial charge in [0.2, 0.25) is 5.71 Å². The molecule has 0 saturated carbocycles. The number of nitrogens with two attached hydrogens (primary N) is 1. The van der Waals surface area contributed by atoms with E-state index in [1.54, 1.807) is 36.4 Å². The lowest BCUT2D eigenvalue weighted by molar-refractivity contribution is 0.1000. The summed E-state index contributed by atoms with van der Waals surface area (Å²) in [5, 5.41) is 9.53. The summed E-state index contributed by atoms with van der Waals surface area (Å²) in [6, 6.07) is 16.6. The number of primary amides is 1. The summed E-state index contributed by atoms with van der Waals surface area (Å²) in [5.41, 5.74) is 8.63. The zero-order chi connectivity index (χ0) is 25.8. The second-order valence-electron chi connectivity index (χ2n) is 8.14. The van der Waals surface area contributed by atoms with Gasteiger partial charge in [-0.15, -0.1) is 0 Å². The van der Waals surface area contributed by atoms with E-state index in [2.05, 4.69) is 11.1 Å². The largest absolute Gasteiger partial charge is 0.441 e. The Kier molecular flexibility index (Phi) is 7.43. The Morgan fingerprint density at radius 3 is 2.61 bits per heavy atom. The number of carbonyl (C=O) groups is 1. The smallest absolute Gasteiger partial charge is 0.263 e. The number of anilines is 1. The summed E-state index contributed by atoms with van der Waals surface area (Å²) in [6.45, 7) is 2.01. The molecule has 3 N–H and O–H groups in total. The molecule has 2 aromatic heterocycles. The monoisotopic (exact) mass is 506 g/mol. The van der Waals surface area contributed by atoms with E-state index in [9.17, 15) is 17.9 Å². The van der Waals surface area contributed by atoms with Crippen LogP contribution in [-0.2, 0) is 30.5 Å². The fourth-order valence-electron chi connectivity index (χ4n) is 4.05. The minimum absolute atomic E-state index is 0.107. The van der Waals surface area contributed by atoms with Gasteiger partial charge in [0.05, 0.1) is 22.6 Å². The quantitative estimate of drug-likeness (QED) is 0.326. The van der Waals surface area contributed by atoms with Crippen LogP contribution in [0.15, 0.2) is 59.0 Å². The molecule has 0 spiro atoms. The predicted octanol–water partition coefficient (Wildman–Crippen LogP) is 4.28. The van der Waals surface area contributed by atoms with Crippen molar-refractivity contribution in [2.24, 2.45) is 5.73 Å². The molecule has 1 atom stereocenters. The van der Waals surface area contributed by atoms with Crippen molar-refractivity contribution in [3.8, 4) is 6.07 Å². The number of carbonyl (C=O) groups excluding carboxylic acids is 1. The third-order valence-corrected chi connectivity index (χ3v) is 6.53. The standard InChI is InChI=1S/C26H23FN4O4S/c1-2-19-14-21-23(24(29)32)22(13-17-6-8-20(27)9-7-17)35-26(21)30-25(19)31(36(33)34)11-10-16-4-3-5-18(12-16)15-28/h3-9,12,14H,2,10-11,13H2,1H3,(H2,29,32)(H,33,34). The number of aryl methyl sites for hydroxylation is 1. The van der Waals surface area contributed by atoms with Gasteiger partial charge in [0.15, 0.2) is 0 Å². The third kappa shape index (κ3) is 5.27. The van der Waals surface area contributed by atoms with Gasteiger partial charge < -0.3 is 10.2 Å². The molecule has 36 heavy (non-hydrogen) atoms. The summed E-state index contributed by atoms with van der Waals surface area (Å²) >= 11 is -2.39. The molecule has 8 nitrogen and oxygen atoms in total. The van der Waals surface area contributed by atoms with E-state index in [1.165, 1.54) is 16.4 Å². The second kappa shape index (κ2) is 10.7. The highest BCUT2D eigenvalue weighted by Gasteiger charge is 2.25. The molecule has 0 saturated heterocycles. The molecule has 184 valence electrons. The van der Waals surface area contributed by atoms with E-state index >= 15 is 0 Å². The number of benzene rings is 2. The summed E-state index contributed by atoms with van der Waals surface area (Å²) in [7, 11) is 0. The summed E-state index contributed by atoms with van der Waals surface area (Å²) in [6.07, 6.45) is 1.05. The Labute approximate surface area is 209 Å². The zero-order valence-electron chi connectivity index (χ0n) is 19.4. The lowest BCUT2D eigenvalue weighted by Crippen LogP contribution is -2.29. The molecule has 0 bridgehead atoms. The second-order valence-corrected chi connectivity index (χ2v) is 9.04. The van der Waals surface area contributed by atoms with Crippen LogP contribution in [0.3, 0.4) is 0 Å². The van der Waals surface area contributed by atoms with Crippen molar-refractivity contribution in [3.05, 3.63) is 94.0 Å². The number of nitriles is 1. The van der Waals surface area contributed by atoms with Crippen LogP contribution in [0, 0.1) is 17.1 Å². The van der Waals surface area contributed by atoms with E-state index in [-0.39, 0.29) is 41.6 Å². The van der Waals surface area contributed by atoms with E-state index in [0.717, 1.165) is 5.56 Å². The maximum atomic E-state index is 13.3. The average molecular weight is 507 g/mol. The number of amides is 1. The fraction of sp³-hybridized carbons (Fsp3) is 0.192. The van der Waals surface area contributed by atoms with Crippen LogP contribution < -0.4 is 10.0 Å². The molecule has 2 heterocycles. The van der Waals surface area contributed by atoms with Crippen LogP contribution >= 0.6 is 0 Å². The number of hydrogen-bond acceptors (Lipinski definition) is 5. The highest BCUT2D eigenvalue weighted by molar-refractivity contribution is 7.80. The first-order valence-electron chi connectivity index (χ1n) is 11.2. The SMILES string of the molecule is CCc1cc2c(C(N)=O)c(Cc3ccc(F)cc3)oc2nc1N(CCc1cccc(C#N)c1)S(=O)O. The number of aromatic nitrogens is 1. The third-order valence-electron chi connectivity index (χ3n) is 5.80. The molecule has 10 heteroatoms. The molecule has 0 aliphatic heterocycles. The summed E-state index contributed by atoms with van der Waals surface area (Å²) in [4.78, 5) is 16.9. The molecule has 1 unspecified atom stereocenters. The molecule has 0 fully saturated rings. The molecule has 0 aliphatic carbocycles. The average Bonchev–Trinajstić information content (AvgIpc) is 3.21. The topological polar surface area (TPSA) is 133 Å². The maximum Gasteiger partial charge on any atom is 0.263 e. The Balaban J connectivity index is 1.74. The van der Waals surface area contributed by atoms with Crippen molar-refractivity contribution < 1.29 is 22.4 Å². The van der Waals surface area contributed by atoms with Gasteiger partial charge in [0, 0.05) is 13.0 Å². The fourth-order valence-corrected chi connectivity index (χ4v) is 4.60. The van der Waals surface area contributed by atoms with Crippen molar-refractivity contribution in [1.82, 2.24) is 4.98 Å². The molecule has 4 aromatic rings. The highest BCUT2D eigenvalue weighted by Crippen LogP contribution is 2.32. The van der Waals surface area contributed by atoms with E-state index < -0.39 is 17.2 Å². The molecular weight excluding hydrogens is 483 g/mol. The number of hydrogen-bond donors (Lipinski definition) is 2. The van der Waals surface area contributed by atoms with Crippen molar-refractivity contribution in [3.63, 3.8) is 0 Å². The molecule has 1 amide bonds. The van der Waals surface area contributed by atoms with Crippen LogP contribution in [0.4, 0.5) is 10.2 Å². The first-order chi connectivity index (χ1) is 17.3. The number of furan rings is 1. The van der Waals surface area contributed by atoms with E-state index in [1.807, 2.05) is 13.0 Å². The van der Waals surface area contributed by atoms with Crippen LogP contribution in [0.1, 0.15) is 45.3 Å². The molecule has 2 aromatic carbocycles. The van der Waals surface area contributed by atoms with Crippen molar-refractivity contribution in [2.75, 3.05) is 10.8 Å². The normalized spacial score (nSPS) is 11.8. The lowest BCUT2D eigenvalue weighted by atomic mass is 10.0. The summed E-state index contributed by atoms with van der Waals surface area (Å²) in [5.74, 6) is -0.544. The van der Waals surface area contributed by atoms with Gasteiger partial charge in [-0.2, -0.15) is 10.2 Å². The first-order valence-corrected chi connectivity index (χ1v) is 12.2. The van der Waals surface area contributed by atoms with Crippen molar-refractivity contribution in [1.29, 1.82) is 5.26 Å². The summed E-state index contributed by atoms with van der Waals surface area (Å²) < 4.78 is 42.8. The minimum Gasteiger partial charge on any atom is -0.441 e. The molecular formula is C26H23FN4O4S. The molecule has 0 radical (unpaired) electrons. The number of halogens is 1. The van der Waals surface area contributed by atoms with Crippen molar-refractivity contribution >= 4 is 34.1 Å². The molecule has 4 rings (SSSR count). The van der Waals surface area contributed by atoms with E-state index in [0.29, 0.717) is 34.9 Å². The van der Waals surface area contributed by atoms with Crippen LogP contribution in [0.2, 0.25) is 0 Å². The minimum atomic E-state index is -2.39. The van der Waals surface area contributed by atoms with Gasteiger partial charge in [-0.1, -0.05) is 31.2 Å². The van der Waals surface area contributed by atoms with Gasteiger partial charge in [-0.05, 0) is 59.9 Å². The number of nitrogens with zero attached hydrogens (tertiary/aromatic N) is 3. The van der Waals surface area contributed by atoms with Gasteiger partial charge in [-0.3, -0.25) is 13.7 Å². The van der Waals surface area contributed by atoms with Crippen LogP contribution in [-0.4, -0.2) is 26.2 Å². The Hall–Kier alpha value is -4.07. The van der Waals surface area contributed by atoms with Crippen LogP contribution in [0.25, 0.3) is 11.1 Å². The lowest BCUT2D eigenvalue weighted by Gasteiger charge is -2.21. The van der Waals surface area contributed by atoms with Gasteiger partial charge >= 0.3 is 0 Å². The maximum absolute atomic E-state index is 13.3. The zero-order valence-corrected chi connectivity index (χ0v) is 20.2. The van der Waals surface area contributed by atoms with Crippen molar-refractivity contribution in [2.45, 2.75) is 26.2 Å². The Morgan fingerprint density at radius 1 is 1.22 bits per heavy atom. The number of fused-ring (bicyclic) bond motifs is 1. The van der Waals surface area contributed by atoms with E-state index in [4.69, 9.17) is 15.4 Å². The van der Waals surface area contributed by atoms with Crippen LogP contribution in [0.5, 0.6) is 0 Å². The highest BCUT2D eigenvalue weighted by atomic mass is 32.2. The molecule has 0 aliphatic rings. The first kappa shape index (κ1) is 25.0. The van der Waals surface area contributed by atoms with Gasteiger partial charge in [0.25, 0.3) is 17.2 Å². The number of pyridine rings is 1. The van der Waals surface area contributed by atoms with Gasteiger partial charge in [0.1, 0.15) is 17.4 Å². The predicted molar refractivity (Wildman–Crippen MR) is 134 cm³/mol. The van der Waals surface area contributed by atoms with Gasteiger partial charge in [-0.25, -0.2) is 8.60 Å².